The SMILES string of the molecule is CC12CCCCCCC1(C)N(c1ccccc1)c1ccc(-c3ccc4c5cc6c(cc5c5cccc3c54)c3ccc(-c4ccc5c(c4)C4(C)CCCCCCC4(C)N5c4ccccc4)c4c(-c5ccc7c(c5)C5(C)CCCCCCC5(C)N7c5ccccc5)ccc6c43)cc12. The average molecular weight is 1240 g/mol. The predicted molar refractivity (Wildman–Crippen MR) is 406 cm³/mol. The van der Waals surface area contributed by atoms with Gasteiger partial charge in [-0.15, -0.1) is 0 Å². The number of anilines is 6. The highest BCUT2D eigenvalue weighted by atomic mass is 15.3. The number of hydrogen-bond donors (Lipinski definition) is 0. The molecule has 3 heterocycles. The van der Waals surface area contributed by atoms with Crippen molar-refractivity contribution in [3.05, 3.63) is 229 Å². The molecule has 3 nitrogen and oxygen atoms in total. The standard InChI is InChI=1S/C92H89N3/c1-87-49-22-7-10-25-52-90(87,4)93(63-29-16-13-17-30-63)81-46-37-60(55-78(81)87)66-40-43-71-75-59-77-73-45-42-68(62-39-48-83-80(57-62)89(3)51-24-9-12-27-54-92(89,6)95(83)65-33-20-15-21-34-65)85-67(41-44-72(86(73)85)76(77)58-74(75)70-36-28-35-69(66)84(70)71)61-38-47-82-79(56-61)88(2)50-23-8-11-26-53-91(88,5)94(82)64-31-18-14-19-32-64/h13-21,28-48,55-59H,7-12,22-27,49-54H2,1-6H3. The molecule has 13 aromatic carbocycles. The maximum Gasteiger partial charge on any atom is 0.0517 e. The Kier molecular flexibility index (Phi) is 12.7. The number of hydrogen-bond acceptors (Lipinski definition) is 3. The minimum atomic E-state index is -0.0586. The second-order valence-corrected chi connectivity index (χ2v) is 31.7. The Balaban J connectivity index is 0.813. The van der Waals surface area contributed by atoms with Crippen LogP contribution in [0.3, 0.4) is 0 Å². The predicted octanol–water partition coefficient (Wildman–Crippen LogP) is 26.0. The summed E-state index contributed by atoms with van der Waals surface area (Å²) < 4.78 is 0. The number of nitrogens with zero attached hydrogens (tertiary/aromatic N) is 3. The summed E-state index contributed by atoms with van der Waals surface area (Å²) in [5.41, 5.74) is 20.4. The molecule has 6 unspecified atom stereocenters. The van der Waals surface area contributed by atoms with Crippen LogP contribution in [0.5, 0.6) is 0 Å². The van der Waals surface area contributed by atoms with Crippen molar-refractivity contribution >= 4 is 98.8 Å². The second-order valence-electron chi connectivity index (χ2n) is 31.7. The summed E-state index contributed by atoms with van der Waals surface area (Å²) >= 11 is 0. The first-order valence-corrected chi connectivity index (χ1v) is 36.7. The van der Waals surface area contributed by atoms with Gasteiger partial charge < -0.3 is 14.7 Å². The zero-order chi connectivity index (χ0) is 63.8. The van der Waals surface area contributed by atoms with E-state index in [1.165, 1.54) is 264 Å². The van der Waals surface area contributed by atoms with E-state index in [0.29, 0.717) is 0 Å². The summed E-state index contributed by atoms with van der Waals surface area (Å²) in [6, 6.07) is 84.3. The lowest BCUT2D eigenvalue weighted by Crippen LogP contribution is -2.53. The molecule has 0 N–H and O–H groups in total. The summed E-state index contributed by atoms with van der Waals surface area (Å²) in [4.78, 5) is 8.26. The zero-order valence-electron chi connectivity index (χ0n) is 56.8. The van der Waals surface area contributed by atoms with Gasteiger partial charge in [-0.1, -0.05) is 225 Å². The van der Waals surface area contributed by atoms with E-state index >= 15 is 0 Å². The lowest BCUT2D eigenvalue weighted by atomic mass is 9.63. The molecule has 3 aliphatic carbocycles. The molecule has 0 bridgehead atoms. The van der Waals surface area contributed by atoms with Crippen LogP contribution in [0.4, 0.5) is 34.1 Å². The highest BCUT2D eigenvalue weighted by Crippen LogP contribution is 2.65. The summed E-state index contributed by atoms with van der Waals surface area (Å²) in [5.74, 6) is 0. The molecule has 0 amide bonds. The molecule has 6 aliphatic rings. The topological polar surface area (TPSA) is 9.72 Å². The maximum absolute atomic E-state index is 2.76. The third kappa shape index (κ3) is 7.82. The molecule has 0 saturated heterocycles. The molecule has 3 fully saturated rings. The number of fused-ring (bicyclic) bond motifs is 15. The Morgan fingerprint density at radius 2 is 0.547 bits per heavy atom. The molecular formula is C92H89N3. The van der Waals surface area contributed by atoms with Crippen LogP contribution >= 0.6 is 0 Å². The van der Waals surface area contributed by atoms with E-state index in [1.54, 1.807) is 0 Å². The lowest BCUT2D eigenvalue weighted by molar-refractivity contribution is 0.218. The van der Waals surface area contributed by atoms with Crippen LogP contribution in [0.25, 0.3) is 98.0 Å². The molecule has 0 spiro atoms. The van der Waals surface area contributed by atoms with Crippen molar-refractivity contribution in [2.24, 2.45) is 0 Å². The summed E-state index contributed by atoms with van der Waals surface area (Å²) in [7, 11) is 0. The van der Waals surface area contributed by atoms with E-state index < -0.39 is 0 Å². The average Bonchev–Trinajstić information content (AvgIpc) is 1.56. The van der Waals surface area contributed by atoms with E-state index in [9.17, 15) is 0 Å². The van der Waals surface area contributed by atoms with Crippen LogP contribution in [0.1, 0.15) is 174 Å². The van der Waals surface area contributed by atoms with Gasteiger partial charge in [-0.2, -0.15) is 0 Å². The summed E-state index contributed by atoms with van der Waals surface area (Å²) in [6.45, 7) is 15.6. The number of rotatable bonds is 6. The van der Waals surface area contributed by atoms with Gasteiger partial charge in [-0.3, -0.25) is 0 Å². The van der Waals surface area contributed by atoms with Gasteiger partial charge in [-0.25, -0.2) is 0 Å². The van der Waals surface area contributed by atoms with Gasteiger partial charge >= 0.3 is 0 Å². The number of para-hydroxylation sites is 3. The molecule has 0 radical (unpaired) electrons. The van der Waals surface area contributed by atoms with E-state index in [4.69, 9.17) is 0 Å². The van der Waals surface area contributed by atoms with Crippen LogP contribution in [-0.2, 0) is 16.2 Å². The van der Waals surface area contributed by atoms with E-state index in [1.807, 2.05) is 0 Å². The molecule has 3 saturated carbocycles. The first-order valence-electron chi connectivity index (χ1n) is 36.7. The van der Waals surface area contributed by atoms with Gasteiger partial charge in [0.05, 0.1) is 16.6 Å². The number of benzene rings is 11. The van der Waals surface area contributed by atoms with Crippen molar-refractivity contribution in [2.75, 3.05) is 14.7 Å². The van der Waals surface area contributed by atoms with Gasteiger partial charge in [0.2, 0.25) is 0 Å². The van der Waals surface area contributed by atoms with E-state index in [2.05, 4.69) is 269 Å². The third-order valence-corrected chi connectivity index (χ3v) is 27.3. The van der Waals surface area contributed by atoms with Crippen molar-refractivity contribution in [3.63, 3.8) is 0 Å². The molecule has 19 rings (SSSR count). The van der Waals surface area contributed by atoms with E-state index in [-0.39, 0.29) is 32.9 Å². The smallest absolute Gasteiger partial charge is 0.0517 e. The molecule has 13 aromatic rings. The highest BCUT2D eigenvalue weighted by molar-refractivity contribution is 6.39. The fraction of sp³-hybridized carbons (Fsp3) is 0.326. The van der Waals surface area contributed by atoms with Crippen LogP contribution in [0.15, 0.2) is 212 Å². The van der Waals surface area contributed by atoms with Crippen LogP contribution in [-0.4, -0.2) is 16.6 Å². The Morgan fingerprint density at radius 3 is 0.926 bits per heavy atom. The zero-order valence-corrected chi connectivity index (χ0v) is 56.8. The van der Waals surface area contributed by atoms with Gasteiger partial charge in [0.25, 0.3) is 0 Å². The Bertz CT molecular complexity index is 5000. The van der Waals surface area contributed by atoms with Crippen molar-refractivity contribution in [2.45, 2.75) is 190 Å². The molecule has 0 aromatic heterocycles. The summed E-state index contributed by atoms with van der Waals surface area (Å²) in [6.07, 6.45) is 22.6. The Morgan fingerprint density at radius 1 is 0.232 bits per heavy atom. The minimum absolute atomic E-state index is 0.0149. The second kappa shape index (κ2) is 20.9. The fourth-order valence-electron chi connectivity index (χ4n) is 21.7. The fourth-order valence-corrected chi connectivity index (χ4v) is 21.7. The van der Waals surface area contributed by atoms with Crippen molar-refractivity contribution in [1.29, 1.82) is 0 Å². The quantitative estimate of drug-likeness (QED) is 0.164. The van der Waals surface area contributed by atoms with Crippen molar-refractivity contribution in [1.82, 2.24) is 0 Å². The highest BCUT2D eigenvalue weighted by Gasteiger charge is 2.59. The van der Waals surface area contributed by atoms with Gasteiger partial charge in [0.1, 0.15) is 0 Å². The van der Waals surface area contributed by atoms with Crippen molar-refractivity contribution in [3.8, 4) is 33.4 Å². The summed E-state index contributed by atoms with van der Waals surface area (Å²) in [5, 5.41) is 16.3. The Labute approximate surface area is 562 Å². The van der Waals surface area contributed by atoms with E-state index in [0.717, 1.165) is 0 Å². The van der Waals surface area contributed by atoms with Crippen molar-refractivity contribution < 1.29 is 0 Å². The van der Waals surface area contributed by atoms with Crippen LogP contribution < -0.4 is 14.7 Å². The largest absolute Gasteiger partial charge is 0.334 e. The minimum Gasteiger partial charge on any atom is -0.334 e. The third-order valence-electron chi connectivity index (χ3n) is 27.3. The molecule has 472 valence electrons. The van der Waals surface area contributed by atoms with Gasteiger partial charge in [0, 0.05) is 50.4 Å². The van der Waals surface area contributed by atoms with Gasteiger partial charge in [-0.05, 0) is 259 Å². The van der Waals surface area contributed by atoms with Crippen LogP contribution in [0.2, 0.25) is 0 Å². The normalized spacial score (nSPS) is 26.1. The Hall–Kier alpha value is -8.66. The monoisotopic (exact) mass is 1240 g/mol. The van der Waals surface area contributed by atoms with Gasteiger partial charge in [0.15, 0.2) is 0 Å². The van der Waals surface area contributed by atoms with Crippen LogP contribution in [0, 0.1) is 0 Å². The molecule has 3 aliphatic heterocycles. The molecular weight excluding hydrogens is 1150 g/mol. The first-order chi connectivity index (χ1) is 46.4. The first kappa shape index (κ1) is 57.8. The lowest BCUT2D eigenvalue weighted by Gasteiger charge is -2.48. The maximum atomic E-state index is 2.76. The molecule has 6 atom stereocenters. The molecule has 95 heavy (non-hydrogen) atoms. The molecule has 3 heteroatoms.